The summed E-state index contributed by atoms with van der Waals surface area (Å²) in [6.07, 6.45) is 2.88. The Morgan fingerprint density at radius 1 is 1.31 bits per heavy atom. The minimum absolute atomic E-state index is 0.0275. The van der Waals surface area contributed by atoms with Gasteiger partial charge in [0.05, 0.1) is 5.92 Å². The zero-order valence-corrected chi connectivity index (χ0v) is 10.0. The van der Waals surface area contributed by atoms with Crippen LogP contribution in [0.2, 0.25) is 0 Å². The van der Waals surface area contributed by atoms with Crippen LogP contribution in [0.25, 0.3) is 0 Å². The van der Waals surface area contributed by atoms with Crippen molar-refractivity contribution < 1.29 is 14.7 Å². The summed E-state index contributed by atoms with van der Waals surface area (Å²) in [6, 6.07) is 0. The summed E-state index contributed by atoms with van der Waals surface area (Å²) in [6.45, 7) is 4.76. The maximum atomic E-state index is 11.8. The standard InChI is InChI=1S/C12H21NO3/c1-8(2)7-13-11(14)9-4-3-5-10(6-9)12(15)16/h8-10H,3-7H2,1-2H3,(H,13,14)(H,15,16). The molecule has 4 nitrogen and oxygen atoms in total. The summed E-state index contributed by atoms with van der Waals surface area (Å²) in [4.78, 5) is 22.6. The van der Waals surface area contributed by atoms with Gasteiger partial charge >= 0.3 is 5.97 Å². The van der Waals surface area contributed by atoms with Gasteiger partial charge in [-0.15, -0.1) is 0 Å². The number of aliphatic carboxylic acids is 1. The van der Waals surface area contributed by atoms with Crippen LogP contribution in [0.5, 0.6) is 0 Å². The molecule has 0 heterocycles. The minimum atomic E-state index is -0.763. The maximum Gasteiger partial charge on any atom is 0.306 e. The van der Waals surface area contributed by atoms with Gasteiger partial charge in [0, 0.05) is 12.5 Å². The maximum absolute atomic E-state index is 11.8. The van der Waals surface area contributed by atoms with E-state index in [0.717, 1.165) is 12.8 Å². The number of hydrogen-bond donors (Lipinski definition) is 2. The molecule has 1 saturated carbocycles. The Labute approximate surface area is 96.4 Å². The van der Waals surface area contributed by atoms with Gasteiger partial charge in [-0.1, -0.05) is 20.3 Å². The molecule has 0 spiro atoms. The van der Waals surface area contributed by atoms with Gasteiger partial charge in [-0.25, -0.2) is 0 Å². The lowest BCUT2D eigenvalue weighted by Gasteiger charge is -2.26. The molecule has 0 aromatic heterocycles. The van der Waals surface area contributed by atoms with Crippen LogP contribution in [0, 0.1) is 17.8 Å². The summed E-state index contributed by atoms with van der Waals surface area (Å²) in [7, 11) is 0. The van der Waals surface area contributed by atoms with Crippen LogP contribution in [0.3, 0.4) is 0 Å². The van der Waals surface area contributed by atoms with Gasteiger partial charge < -0.3 is 10.4 Å². The molecule has 0 aromatic carbocycles. The SMILES string of the molecule is CC(C)CNC(=O)C1CCCC(C(=O)O)C1. The fourth-order valence-corrected chi connectivity index (χ4v) is 2.10. The summed E-state index contributed by atoms with van der Waals surface area (Å²) < 4.78 is 0. The predicted octanol–water partition coefficient (Wildman–Crippen LogP) is 1.65. The Morgan fingerprint density at radius 3 is 2.50 bits per heavy atom. The predicted molar refractivity (Wildman–Crippen MR) is 60.9 cm³/mol. The molecular formula is C12H21NO3. The number of hydrogen-bond acceptors (Lipinski definition) is 2. The molecule has 2 N–H and O–H groups in total. The normalized spacial score (nSPS) is 25.4. The number of carbonyl (C=O) groups excluding carboxylic acids is 1. The molecule has 4 heteroatoms. The van der Waals surface area contributed by atoms with Gasteiger partial charge in [0.15, 0.2) is 0 Å². The molecule has 0 aromatic rings. The molecule has 0 aliphatic heterocycles. The highest BCUT2D eigenvalue weighted by Crippen LogP contribution is 2.29. The Bertz CT molecular complexity index is 263. The lowest BCUT2D eigenvalue weighted by Crippen LogP contribution is -2.37. The van der Waals surface area contributed by atoms with Gasteiger partial charge in [0.25, 0.3) is 0 Å². The number of amides is 1. The van der Waals surface area contributed by atoms with Crippen molar-refractivity contribution in [2.24, 2.45) is 17.8 Å². The second-order valence-corrected chi connectivity index (χ2v) is 5.04. The van der Waals surface area contributed by atoms with E-state index in [0.29, 0.717) is 25.3 Å². The Morgan fingerprint density at radius 2 is 1.94 bits per heavy atom. The van der Waals surface area contributed by atoms with E-state index >= 15 is 0 Å². The lowest BCUT2D eigenvalue weighted by molar-refractivity contribution is -0.144. The van der Waals surface area contributed by atoms with Crippen LogP contribution >= 0.6 is 0 Å². The quantitative estimate of drug-likeness (QED) is 0.767. The van der Waals surface area contributed by atoms with Gasteiger partial charge in [-0.05, 0) is 25.2 Å². The number of nitrogens with one attached hydrogen (secondary N) is 1. The highest BCUT2D eigenvalue weighted by Gasteiger charge is 2.30. The van der Waals surface area contributed by atoms with Gasteiger partial charge in [0.1, 0.15) is 0 Å². The second kappa shape index (κ2) is 5.87. The van der Waals surface area contributed by atoms with Crippen molar-refractivity contribution >= 4 is 11.9 Å². The fourth-order valence-electron chi connectivity index (χ4n) is 2.10. The summed E-state index contributed by atoms with van der Waals surface area (Å²) >= 11 is 0. The first-order valence-electron chi connectivity index (χ1n) is 6.01. The topological polar surface area (TPSA) is 66.4 Å². The fraction of sp³-hybridized carbons (Fsp3) is 0.833. The Balaban J connectivity index is 2.41. The van der Waals surface area contributed by atoms with Crippen molar-refractivity contribution in [1.29, 1.82) is 0 Å². The third kappa shape index (κ3) is 3.83. The van der Waals surface area contributed by atoms with E-state index < -0.39 is 5.97 Å². The first-order chi connectivity index (χ1) is 7.50. The summed E-state index contributed by atoms with van der Waals surface area (Å²) in [5.41, 5.74) is 0. The molecule has 0 radical (unpaired) electrons. The van der Waals surface area contributed by atoms with E-state index in [9.17, 15) is 9.59 Å². The molecular weight excluding hydrogens is 206 g/mol. The molecule has 2 unspecified atom stereocenters. The van der Waals surface area contributed by atoms with E-state index in [1.807, 2.05) is 13.8 Å². The van der Waals surface area contributed by atoms with E-state index in [1.165, 1.54) is 0 Å². The minimum Gasteiger partial charge on any atom is -0.481 e. The number of carboxylic acid groups (broad SMARTS) is 1. The molecule has 1 rings (SSSR count). The molecule has 1 aliphatic rings. The van der Waals surface area contributed by atoms with Gasteiger partial charge in [-0.2, -0.15) is 0 Å². The first kappa shape index (κ1) is 13.0. The Hall–Kier alpha value is -1.06. The number of carbonyl (C=O) groups is 2. The van der Waals surface area contributed by atoms with Gasteiger partial charge in [-0.3, -0.25) is 9.59 Å². The molecule has 92 valence electrons. The van der Waals surface area contributed by atoms with Crippen molar-refractivity contribution in [1.82, 2.24) is 5.32 Å². The molecule has 1 fully saturated rings. The highest BCUT2D eigenvalue weighted by molar-refractivity contribution is 5.80. The smallest absolute Gasteiger partial charge is 0.306 e. The summed E-state index contributed by atoms with van der Waals surface area (Å²) in [5, 5.41) is 11.8. The van der Waals surface area contributed by atoms with Crippen molar-refractivity contribution in [3.05, 3.63) is 0 Å². The van der Waals surface area contributed by atoms with E-state index in [2.05, 4.69) is 5.32 Å². The van der Waals surface area contributed by atoms with Crippen molar-refractivity contribution in [3.8, 4) is 0 Å². The van der Waals surface area contributed by atoms with Crippen LogP contribution in [0.4, 0.5) is 0 Å². The zero-order chi connectivity index (χ0) is 12.1. The highest BCUT2D eigenvalue weighted by atomic mass is 16.4. The number of rotatable bonds is 4. The molecule has 0 saturated heterocycles. The third-order valence-corrected chi connectivity index (χ3v) is 3.08. The largest absolute Gasteiger partial charge is 0.481 e. The van der Waals surface area contributed by atoms with Crippen LogP contribution in [-0.4, -0.2) is 23.5 Å². The Kier molecular flexibility index (Phi) is 4.77. The van der Waals surface area contributed by atoms with Crippen LogP contribution in [0.15, 0.2) is 0 Å². The third-order valence-electron chi connectivity index (χ3n) is 3.08. The molecule has 0 bridgehead atoms. The van der Waals surface area contributed by atoms with Gasteiger partial charge in [0.2, 0.25) is 5.91 Å². The summed E-state index contributed by atoms with van der Waals surface area (Å²) in [5.74, 6) is -0.735. The first-order valence-corrected chi connectivity index (χ1v) is 6.01. The lowest BCUT2D eigenvalue weighted by atomic mass is 9.81. The van der Waals surface area contributed by atoms with Crippen LogP contribution in [0.1, 0.15) is 39.5 Å². The average molecular weight is 227 g/mol. The van der Waals surface area contributed by atoms with Crippen molar-refractivity contribution in [3.63, 3.8) is 0 Å². The van der Waals surface area contributed by atoms with E-state index in [4.69, 9.17) is 5.11 Å². The molecule has 16 heavy (non-hydrogen) atoms. The van der Waals surface area contributed by atoms with E-state index in [1.54, 1.807) is 0 Å². The van der Waals surface area contributed by atoms with Crippen LogP contribution < -0.4 is 5.32 Å². The molecule has 1 amide bonds. The monoisotopic (exact) mass is 227 g/mol. The second-order valence-electron chi connectivity index (χ2n) is 5.04. The van der Waals surface area contributed by atoms with Crippen LogP contribution in [-0.2, 0) is 9.59 Å². The van der Waals surface area contributed by atoms with Crippen molar-refractivity contribution in [2.75, 3.05) is 6.54 Å². The van der Waals surface area contributed by atoms with Crippen molar-refractivity contribution in [2.45, 2.75) is 39.5 Å². The average Bonchev–Trinajstić information content (AvgIpc) is 2.26. The zero-order valence-electron chi connectivity index (χ0n) is 10.0. The van der Waals surface area contributed by atoms with E-state index in [-0.39, 0.29) is 17.7 Å². The number of carboxylic acids is 1. The molecule has 2 atom stereocenters. The molecule has 1 aliphatic carbocycles.